The number of hydrogen-bond acceptors (Lipinski definition) is 7. The number of amides is 1. The molecule has 4 aromatic rings. The Labute approximate surface area is 207 Å². The number of carbonyl (C=O) groups is 1. The molecule has 1 aliphatic rings. The summed E-state index contributed by atoms with van der Waals surface area (Å²) in [5.41, 5.74) is 2.26. The number of rotatable bonds is 9. The van der Waals surface area contributed by atoms with Gasteiger partial charge in [-0.2, -0.15) is 0 Å². The van der Waals surface area contributed by atoms with E-state index in [1.807, 2.05) is 36.6 Å². The van der Waals surface area contributed by atoms with Crippen LogP contribution in [0, 0.1) is 6.92 Å². The van der Waals surface area contributed by atoms with Crippen molar-refractivity contribution in [2.24, 2.45) is 0 Å². The second-order valence-electron chi connectivity index (χ2n) is 8.19. The number of nitrogens with one attached hydrogen (secondary N) is 1. The molecule has 0 aliphatic carbocycles. The van der Waals surface area contributed by atoms with Crippen molar-refractivity contribution in [2.75, 3.05) is 11.9 Å². The summed E-state index contributed by atoms with van der Waals surface area (Å²) in [7, 11) is 0. The molecule has 35 heavy (non-hydrogen) atoms. The average molecular weight is 488 g/mol. The van der Waals surface area contributed by atoms with Crippen molar-refractivity contribution in [2.45, 2.75) is 32.7 Å². The van der Waals surface area contributed by atoms with Crippen LogP contribution in [0.4, 0.5) is 5.13 Å². The summed E-state index contributed by atoms with van der Waals surface area (Å²) in [4.78, 5) is 17.2. The number of anilines is 1. The van der Waals surface area contributed by atoms with Crippen LogP contribution >= 0.6 is 11.3 Å². The maximum Gasteiger partial charge on any atom is 0.257 e. The standard InChI is InChI=1S/C26H25N5O3S/c1-3-4-12-33-21-13-19(25(32)28-26-27-17(2)16-35-26)14-22(15-21)34-20-9-7-18(8-10-20)24-30-29-23-6-5-11-31(23)24/h3,7-10,13-16H,1,4-6,11-12H2,2H3,(H,27,28,32). The number of aromatic nitrogens is 4. The molecule has 5 rings (SSSR count). The van der Waals surface area contributed by atoms with Crippen LogP contribution in [0.25, 0.3) is 11.4 Å². The number of benzene rings is 2. The van der Waals surface area contributed by atoms with Crippen LogP contribution in [0.5, 0.6) is 17.2 Å². The highest BCUT2D eigenvalue weighted by atomic mass is 32.1. The predicted molar refractivity (Wildman–Crippen MR) is 135 cm³/mol. The van der Waals surface area contributed by atoms with Crippen LogP contribution in [0.3, 0.4) is 0 Å². The number of fused-ring (bicyclic) bond motifs is 1. The molecule has 2 aromatic heterocycles. The lowest BCUT2D eigenvalue weighted by Crippen LogP contribution is -2.12. The molecule has 3 heterocycles. The second kappa shape index (κ2) is 10.1. The van der Waals surface area contributed by atoms with Crippen LogP contribution < -0.4 is 14.8 Å². The lowest BCUT2D eigenvalue weighted by atomic mass is 10.1. The predicted octanol–water partition coefficient (Wildman–Crippen LogP) is 5.66. The first kappa shape index (κ1) is 22.8. The van der Waals surface area contributed by atoms with Gasteiger partial charge in [0.25, 0.3) is 5.91 Å². The molecular weight excluding hydrogens is 462 g/mol. The van der Waals surface area contributed by atoms with Crippen LogP contribution in [-0.4, -0.2) is 32.3 Å². The number of thiazole rings is 1. The van der Waals surface area contributed by atoms with Gasteiger partial charge in [-0.25, -0.2) is 4.98 Å². The summed E-state index contributed by atoms with van der Waals surface area (Å²) in [5.74, 6) is 3.30. The van der Waals surface area contributed by atoms with Gasteiger partial charge in [0.2, 0.25) is 0 Å². The summed E-state index contributed by atoms with van der Waals surface area (Å²) < 4.78 is 14.1. The molecule has 178 valence electrons. The third-order valence-electron chi connectivity index (χ3n) is 5.53. The highest BCUT2D eigenvalue weighted by Gasteiger charge is 2.18. The van der Waals surface area contributed by atoms with Gasteiger partial charge in [0.15, 0.2) is 11.0 Å². The zero-order valence-electron chi connectivity index (χ0n) is 19.4. The summed E-state index contributed by atoms with van der Waals surface area (Å²) in [6, 6.07) is 12.9. The molecule has 9 heteroatoms. The Morgan fingerprint density at radius 1 is 1.17 bits per heavy atom. The quantitative estimate of drug-likeness (QED) is 0.242. The van der Waals surface area contributed by atoms with E-state index < -0.39 is 0 Å². The zero-order valence-corrected chi connectivity index (χ0v) is 20.2. The normalized spacial score (nSPS) is 12.3. The van der Waals surface area contributed by atoms with Crippen LogP contribution in [0.15, 0.2) is 60.5 Å². The van der Waals surface area contributed by atoms with Crippen molar-refractivity contribution < 1.29 is 14.3 Å². The Bertz CT molecular complexity index is 1360. The van der Waals surface area contributed by atoms with Crippen molar-refractivity contribution >= 4 is 22.4 Å². The van der Waals surface area contributed by atoms with E-state index in [1.165, 1.54) is 11.3 Å². The molecule has 0 radical (unpaired) electrons. The van der Waals surface area contributed by atoms with Gasteiger partial charge in [-0.15, -0.1) is 28.1 Å². The SMILES string of the molecule is C=CCCOc1cc(Oc2ccc(-c3nnc4n3CCC4)cc2)cc(C(=O)Nc2nc(C)cs2)c1. The fraction of sp³-hybridized carbons (Fsp3) is 0.231. The van der Waals surface area contributed by atoms with Gasteiger partial charge in [0, 0.05) is 35.5 Å². The molecular formula is C26H25N5O3S. The van der Waals surface area contributed by atoms with Crippen molar-refractivity contribution in [3.8, 4) is 28.6 Å². The van der Waals surface area contributed by atoms with E-state index in [0.717, 1.165) is 42.3 Å². The van der Waals surface area contributed by atoms with E-state index in [1.54, 1.807) is 24.3 Å². The molecule has 0 saturated carbocycles. The van der Waals surface area contributed by atoms with Gasteiger partial charge in [0.1, 0.15) is 23.1 Å². The van der Waals surface area contributed by atoms with Crippen molar-refractivity contribution in [3.63, 3.8) is 0 Å². The third-order valence-corrected chi connectivity index (χ3v) is 6.41. The highest BCUT2D eigenvalue weighted by Crippen LogP contribution is 2.30. The first-order valence-corrected chi connectivity index (χ1v) is 12.3. The van der Waals surface area contributed by atoms with Crippen LogP contribution in [-0.2, 0) is 13.0 Å². The van der Waals surface area contributed by atoms with E-state index in [9.17, 15) is 4.79 Å². The molecule has 1 aliphatic heterocycles. The summed E-state index contributed by atoms with van der Waals surface area (Å²) in [6.45, 7) is 7.00. The van der Waals surface area contributed by atoms with Gasteiger partial charge >= 0.3 is 0 Å². The first-order valence-electron chi connectivity index (χ1n) is 11.4. The van der Waals surface area contributed by atoms with E-state index in [0.29, 0.717) is 41.0 Å². The van der Waals surface area contributed by atoms with Crippen molar-refractivity contribution in [1.82, 2.24) is 19.7 Å². The van der Waals surface area contributed by atoms with Gasteiger partial charge in [-0.1, -0.05) is 6.08 Å². The number of ether oxygens (including phenoxy) is 2. The monoisotopic (exact) mass is 487 g/mol. The Kier molecular flexibility index (Phi) is 6.58. The van der Waals surface area contributed by atoms with Gasteiger partial charge in [-0.3, -0.25) is 10.1 Å². The maximum atomic E-state index is 12.9. The average Bonchev–Trinajstić information content (AvgIpc) is 3.58. The van der Waals surface area contributed by atoms with Crippen LogP contribution in [0.1, 0.15) is 34.7 Å². The molecule has 1 N–H and O–H groups in total. The number of hydrogen-bond donors (Lipinski definition) is 1. The summed E-state index contributed by atoms with van der Waals surface area (Å²) in [6.07, 6.45) is 4.55. The highest BCUT2D eigenvalue weighted by molar-refractivity contribution is 7.13. The molecule has 0 saturated heterocycles. The summed E-state index contributed by atoms with van der Waals surface area (Å²) >= 11 is 1.38. The molecule has 0 unspecified atom stereocenters. The van der Waals surface area contributed by atoms with Crippen molar-refractivity contribution in [3.05, 3.63) is 77.6 Å². The van der Waals surface area contributed by atoms with E-state index >= 15 is 0 Å². The van der Waals surface area contributed by atoms with Gasteiger partial charge in [0.05, 0.1) is 12.3 Å². The minimum absolute atomic E-state index is 0.283. The minimum atomic E-state index is -0.283. The molecule has 0 spiro atoms. The van der Waals surface area contributed by atoms with E-state index in [2.05, 4.69) is 31.6 Å². The Hall–Kier alpha value is -3.98. The second-order valence-corrected chi connectivity index (χ2v) is 9.05. The molecule has 1 amide bonds. The molecule has 0 atom stereocenters. The maximum absolute atomic E-state index is 12.9. The van der Waals surface area contributed by atoms with Crippen LogP contribution in [0.2, 0.25) is 0 Å². The molecule has 0 bridgehead atoms. The Balaban J connectivity index is 1.36. The largest absolute Gasteiger partial charge is 0.493 e. The fourth-order valence-corrected chi connectivity index (χ4v) is 4.54. The lowest BCUT2D eigenvalue weighted by Gasteiger charge is -2.12. The molecule has 2 aromatic carbocycles. The third kappa shape index (κ3) is 5.25. The topological polar surface area (TPSA) is 91.2 Å². The Morgan fingerprint density at radius 3 is 2.77 bits per heavy atom. The minimum Gasteiger partial charge on any atom is -0.493 e. The zero-order chi connectivity index (χ0) is 24.2. The number of nitrogens with zero attached hydrogens (tertiary/aromatic N) is 4. The fourth-order valence-electron chi connectivity index (χ4n) is 3.86. The smallest absolute Gasteiger partial charge is 0.257 e. The first-order chi connectivity index (χ1) is 17.1. The van der Waals surface area contributed by atoms with Gasteiger partial charge < -0.3 is 14.0 Å². The molecule has 8 nitrogen and oxygen atoms in total. The van der Waals surface area contributed by atoms with E-state index in [-0.39, 0.29) is 5.91 Å². The summed E-state index contributed by atoms with van der Waals surface area (Å²) in [5, 5.41) is 13.9. The van der Waals surface area contributed by atoms with E-state index in [4.69, 9.17) is 9.47 Å². The number of aryl methyl sites for hydroxylation is 2. The lowest BCUT2D eigenvalue weighted by molar-refractivity contribution is 0.102. The Morgan fingerprint density at radius 2 is 2.00 bits per heavy atom. The van der Waals surface area contributed by atoms with Gasteiger partial charge in [-0.05, 0) is 56.2 Å². The van der Waals surface area contributed by atoms with Crippen molar-refractivity contribution in [1.29, 1.82) is 0 Å². The number of carbonyl (C=O) groups excluding carboxylic acids is 1. The molecule has 0 fully saturated rings.